The van der Waals surface area contributed by atoms with Crippen molar-refractivity contribution in [3.05, 3.63) is 60.2 Å². The Morgan fingerprint density at radius 3 is 2.53 bits per heavy atom. The number of nitrogens with zero attached hydrogens (tertiary/aromatic N) is 2. The smallest absolute Gasteiger partial charge is 0.311 e. The van der Waals surface area contributed by atoms with Gasteiger partial charge in [0, 0.05) is 17.3 Å². The van der Waals surface area contributed by atoms with Crippen LogP contribution >= 0.6 is 11.8 Å². The number of aliphatic hydroxyl groups excluding tert-OH is 1. The van der Waals surface area contributed by atoms with Crippen molar-refractivity contribution in [2.45, 2.75) is 73.1 Å². The predicted octanol–water partition coefficient (Wildman–Crippen LogP) is 3.64. The molecule has 3 fully saturated rings. The van der Waals surface area contributed by atoms with Gasteiger partial charge in [-0.1, -0.05) is 73.9 Å². The van der Waals surface area contributed by atoms with Gasteiger partial charge in [0.05, 0.1) is 35.8 Å². The van der Waals surface area contributed by atoms with Crippen molar-refractivity contribution >= 4 is 29.5 Å². The lowest BCUT2D eigenvalue weighted by Crippen LogP contribution is -2.56. The van der Waals surface area contributed by atoms with E-state index < -0.39 is 33.4 Å². The molecule has 0 bridgehead atoms. The number of carbonyl (C=O) groups excluding carboxylic acids is 3. The van der Waals surface area contributed by atoms with E-state index in [1.54, 1.807) is 16.7 Å². The molecule has 1 aliphatic carbocycles. The zero-order chi connectivity index (χ0) is 26.5. The number of fused-ring (bicyclic) bond motifs is 2. The molecule has 202 valence electrons. The third kappa shape index (κ3) is 3.86. The number of hydrogen-bond acceptors (Lipinski definition) is 6. The molecule has 4 heterocycles. The van der Waals surface area contributed by atoms with E-state index in [4.69, 9.17) is 4.74 Å². The molecule has 0 radical (unpaired) electrons. The van der Waals surface area contributed by atoms with E-state index in [0.717, 1.165) is 31.2 Å². The van der Waals surface area contributed by atoms with E-state index in [9.17, 15) is 19.5 Å². The summed E-state index contributed by atoms with van der Waals surface area (Å²) in [6.45, 7) is 2.46. The van der Waals surface area contributed by atoms with Crippen molar-refractivity contribution in [2.75, 3.05) is 19.8 Å². The van der Waals surface area contributed by atoms with E-state index in [1.165, 1.54) is 6.42 Å². The maximum absolute atomic E-state index is 14.7. The third-order valence-corrected chi connectivity index (χ3v) is 11.0. The summed E-state index contributed by atoms with van der Waals surface area (Å²) >= 11 is 1.56. The molecule has 2 saturated heterocycles. The van der Waals surface area contributed by atoms with Crippen molar-refractivity contribution in [3.63, 3.8) is 0 Å². The van der Waals surface area contributed by atoms with Crippen LogP contribution in [-0.2, 0) is 19.1 Å². The summed E-state index contributed by atoms with van der Waals surface area (Å²) in [5.74, 6) is -2.20. The van der Waals surface area contributed by atoms with Gasteiger partial charge < -0.3 is 19.6 Å². The fourth-order valence-corrected chi connectivity index (χ4v) is 9.67. The van der Waals surface area contributed by atoms with Crippen LogP contribution in [0.1, 0.15) is 57.1 Å². The van der Waals surface area contributed by atoms with Gasteiger partial charge in [-0.3, -0.25) is 14.4 Å². The molecular weight excluding hydrogens is 500 g/mol. The normalized spacial score (nSPS) is 36.2. The molecule has 1 aromatic carbocycles. The Balaban J connectivity index is 1.51. The van der Waals surface area contributed by atoms with Gasteiger partial charge in [-0.05, 0) is 31.7 Å². The minimum absolute atomic E-state index is 0.0742. The number of carbonyl (C=O) groups is 3. The number of rotatable bonds is 4. The van der Waals surface area contributed by atoms with Gasteiger partial charge in [-0.15, -0.1) is 11.8 Å². The highest BCUT2D eigenvalue weighted by Crippen LogP contribution is 2.66. The Morgan fingerprint density at radius 2 is 1.79 bits per heavy atom. The molecular formula is C30H36N2O5S. The van der Waals surface area contributed by atoms with Crippen molar-refractivity contribution in [1.82, 2.24) is 9.80 Å². The molecule has 5 aliphatic rings. The van der Waals surface area contributed by atoms with Gasteiger partial charge in [0.2, 0.25) is 11.8 Å². The molecule has 2 amide bonds. The van der Waals surface area contributed by atoms with E-state index in [-0.39, 0.29) is 37.0 Å². The molecule has 1 N–H and O–H groups in total. The molecule has 7 nitrogen and oxygen atoms in total. The monoisotopic (exact) mass is 536 g/mol. The highest BCUT2D eigenvalue weighted by Gasteiger charge is 2.74. The van der Waals surface area contributed by atoms with E-state index in [0.29, 0.717) is 13.0 Å². The van der Waals surface area contributed by atoms with Gasteiger partial charge >= 0.3 is 5.97 Å². The number of esters is 1. The predicted molar refractivity (Wildman–Crippen MR) is 145 cm³/mol. The number of cyclic esters (lactones) is 1. The lowest BCUT2D eigenvalue weighted by molar-refractivity contribution is -0.155. The van der Waals surface area contributed by atoms with Gasteiger partial charge in [-0.25, -0.2) is 0 Å². The summed E-state index contributed by atoms with van der Waals surface area (Å²) in [6, 6.07) is 8.03. The first-order chi connectivity index (χ1) is 18.4. The van der Waals surface area contributed by atoms with Crippen molar-refractivity contribution in [3.8, 4) is 0 Å². The van der Waals surface area contributed by atoms with Crippen LogP contribution in [0.2, 0.25) is 0 Å². The van der Waals surface area contributed by atoms with Crippen molar-refractivity contribution in [2.24, 2.45) is 11.8 Å². The van der Waals surface area contributed by atoms with Crippen LogP contribution in [0.5, 0.6) is 0 Å². The number of hydrogen-bond donors (Lipinski definition) is 1. The third-order valence-electron chi connectivity index (χ3n) is 9.20. The zero-order valence-corrected chi connectivity index (χ0v) is 22.6. The SMILES string of the molecule is C[C@]12C=CCCOC(=O)[C@H]1[C@H]1C(=O)N([C@H](CO)c3ccccc3)C3C(=O)N(C4CCCCC4)CC=C[C@@]31S2. The molecule has 38 heavy (non-hydrogen) atoms. The first-order valence-electron chi connectivity index (χ1n) is 13.9. The minimum atomic E-state index is -0.938. The summed E-state index contributed by atoms with van der Waals surface area (Å²) < 4.78 is 4.01. The van der Waals surface area contributed by atoms with Crippen LogP contribution in [-0.4, -0.2) is 74.0 Å². The average Bonchev–Trinajstić information content (AvgIpc) is 3.24. The fourth-order valence-electron chi connectivity index (χ4n) is 7.53. The molecule has 4 aliphatic heterocycles. The molecule has 8 heteroatoms. The highest BCUT2D eigenvalue weighted by molar-refractivity contribution is 8.02. The molecule has 1 unspecified atom stereocenters. The second-order valence-corrected chi connectivity index (χ2v) is 13.2. The largest absolute Gasteiger partial charge is 0.465 e. The molecule has 1 spiro atoms. The average molecular weight is 537 g/mol. The molecule has 1 saturated carbocycles. The molecule has 6 rings (SSSR count). The van der Waals surface area contributed by atoms with Gasteiger partial charge in [0.1, 0.15) is 6.04 Å². The van der Waals surface area contributed by atoms with Gasteiger partial charge in [0.25, 0.3) is 0 Å². The Bertz CT molecular complexity index is 1160. The Hall–Kier alpha value is -2.58. The Kier molecular flexibility index (Phi) is 6.67. The van der Waals surface area contributed by atoms with Crippen LogP contribution in [0.15, 0.2) is 54.6 Å². The Labute approximate surface area is 228 Å². The second-order valence-electron chi connectivity index (χ2n) is 11.4. The fraction of sp³-hybridized carbons (Fsp3) is 0.567. The number of likely N-dealkylation sites (tertiary alicyclic amines) is 1. The summed E-state index contributed by atoms with van der Waals surface area (Å²) in [5.41, 5.74) is 0.775. The van der Waals surface area contributed by atoms with E-state index >= 15 is 0 Å². The second kappa shape index (κ2) is 9.87. The maximum atomic E-state index is 14.7. The number of benzene rings is 1. The summed E-state index contributed by atoms with van der Waals surface area (Å²) in [5, 5.41) is 10.7. The quantitative estimate of drug-likeness (QED) is 0.467. The summed E-state index contributed by atoms with van der Waals surface area (Å²) in [7, 11) is 0. The van der Waals surface area contributed by atoms with Crippen LogP contribution in [0.3, 0.4) is 0 Å². The van der Waals surface area contributed by atoms with Crippen LogP contribution in [0, 0.1) is 11.8 Å². The molecule has 0 aromatic heterocycles. The number of aliphatic hydroxyl groups is 1. The van der Waals surface area contributed by atoms with Crippen LogP contribution in [0.25, 0.3) is 0 Å². The zero-order valence-electron chi connectivity index (χ0n) is 21.8. The van der Waals surface area contributed by atoms with Crippen molar-refractivity contribution in [1.29, 1.82) is 0 Å². The number of ether oxygens (including phenoxy) is 1. The first kappa shape index (κ1) is 25.7. The lowest BCUT2D eigenvalue weighted by Gasteiger charge is -2.42. The van der Waals surface area contributed by atoms with E-state index in [2.05, 4.69) is 0 Å². The Morgan fingerprint density at radius 1 is 1.03 bits per heavy atom. The molecule has 1 aromatic rings. The van der Waals surface area contributed by atoms with Crippen LogP contribution < -0.4 is 0 Å². The van der Waals surface area contributed by atoms with Crippen molar-refractivity contribution < 1.29 is 24.2 Å². The highest BCUT2D eigenvalue weighted by atomic mass is 32.2. The topological polar surface area (TPSA) is 87.1 Å². The van der Waals surface area contributed by atoms with Gasteiger partial charge in [-0.2, -0.15) is 0 Å². The molecule has 6 atom stereocenters. The van der Waals surface area contributed by atoms with Gasteiger partial charge in [0.15, 0.2) is 0 Å². The first-order valence-corrected chi connectivity index (χ1v) is 14.7. The summed E-state index contributed by atoms with van der Waals surface area (Å²) in [6.07, 6.45) is 14.1. The lowest BCUT2D eigenvalue weighted by atomic mass is 9.74. The maximum Gasteiger partial charge on any atom is 0.311 e. The summed E-state index contributed by atoms with van der Waals surface area (Å²) in [4.78, 5) is 46.3. The number of amides is 2. The minimum Gasteiger partial charge on any atom is -0.465 e. The standard InChI is InChI=1S/C30H36N2O5S/c1-29-15-8-9-18-37-28(36)24(29)23-26(34)32(22(19-33)20-11-4-2-5-12-20)25-27(35)31(21-13-6-3-7-14-21)17-10-16-30(23,25)38-29/h2,4-5,8,10-12,15-16,21-25,33H,3,6-7,9,13-14,17-19H2,1H3/t22-,23+,24-,25?,29+,30+/m1/s1. The number of thioether (sulfide) groups is 1. The van der Waals surface area contributed by atoms with Crippen LogP contribution in [0.4, 0.5) is 0 Å². The van der Waals surface area contributed by atoms with E-state index in [1.807, 2.05) is 66.5 Å².